The molecule has 0 radical (unpaired) electrons. The average Bonchev–Trinajstić information content (AvgIpc) is 3.02. The molecule has 8 rings (SSSR count). The van der Waals surface area contributed by atoms with Crippen LogP contribution < -0.4 is 0 Å². The molecular formula is C40H28. The Morgan fingerprint density at radius 2 is 0.875 bits per heavy atom. The summed E-state index contributed by atoms with van der Waals surface area (Å²) in [5.74, 6) is 0. The van der Waals surface area contributed by atoms with Gasteiger partial charge in [-0.3, -0.25) is 0 Å². The van der Waals surface area contributed by atoms with Crippen LogP contribution in [-0.4, -0.2) is 0 Å². The van der Waals surface area contributed by atoms with E-state index in [0.29, 0.717) is 0 Å². The van der Waals surface area contributed by atoms with E-state index < -0.39 is 0 Å². The molecule has 0 saturated heterocycles. The summed E-state index contributed by atoms with van der Waals surface area (Å²) in [7, 11) is 0. The minimum absolute atomic E-state index is 1.25. The highest BCUT2D eigenvalue weighted by molar-refractivity contribution is 6.28. The van der Waals surface area contributed by atoms with Gasteiger partial charge in [0.25, 0.3) is 0 Å². The Labute approximate surface area is 234 Å². The standard InChI is InChI=1S/C40H28/c1-25-26(2)31-22-21-29(24-37(31)33-17-9-8-15-30(25)33)39-35-19-11-10-18-34(35)38(28-13-4-3-5-14-28)36-23-20-27-12-6-7-16-32(27)40(36)39/h3-24H,1-2H3. The Kier molecular flexibility index (Phi) is 5.06. The highest BCUT2D eigenvalue weighted by Gasteiger charge is 2.19. The van der Waals surface area contributed by atoms with Crippen molar-refractivity contribution in [1.29, 1.82) is 0 Å². The Morgan fingerprint density at radius 1 is 0.325 bits per heavy atom. The molecule has 0 aliphatic rings. The summed E-state index contributed by atoms with van der Waals surface area (Å²) >= 11 is 0. The fourth-order valence-electron chi connectivity index (χ4n) is 6.86. The second-order valence-electron chi connectivity index (χ2n) is 10.9. The van der Waals surface area contributed by atoms with Gasteiger partial charge in [-0.05, 0) is 107 Å². The monoisotopic (exact) mass is 508 g/mol. The number of benzene rings is 8. The minimum atomic E-state index is 1.25. The first-order chi connectivity index (χ1) is 19.7. The molecule has 0 N–H and O–H groups in total. The molecule has 8 aromatic carbocycles. The normalized spacial score (nSPS) is 11.8. The van der Waals surface area contributed by atoms with Gasteiger partial charge in [0.05, 0.1) is 0 Å². The van der Waals surface area contributed by atoms with Gasteiger partial charge in [-0.15, -0.1) is 0 Å². The zero-order valence-electron chi connectivity index (χ0n) is 22.7. The molecule has 0 nitrogen and oxygen atoms in total. The summed E-state index contributed by atoms with van der Waals surface area (Å²) in [4.78, 5) is 0. The van der Waals surface area contributed by atoms with Gasteiger partial charge >= 0.3 is 0 Å². The number of aryl methyl sites for hydroxylation is 2. The largest absolute Gasteiger partial charge is 0.0622 e. The van der Waals surface area contributed by atoms with Gasteiger partial charge in [0.15, 0.2) is 0 Å². The number of rotatable bonds is 2. The zero-order valence-corrected chi connectivity index (χ0v) is 22.7. The number of hydrogen-bond acceptors (Lipinski definition) is 0. The van der Waals surface area contributed by atoms with Gasteiger partial charge < -0.3 is 0 Å². The van der Waals surface area contributed by atoms with Gasteiger partial charge in [-0.25, -0.2) is 0 Å². The first kappa shape index (κ1) is 23.0. The predicted molar refractivity (Wildman–Crippen MR) is 174 cm³/mol. The van der Waals surface area contributed by atoms with Crippen molar-refractivity contribution < 1.29 is 0 Å². The van der Waals surface area contributed by atoms with E-state index >= 15 is 0 Å². The SMILES string of the molecule is Cc1c(C)c2ccc(-c3c4ccccc4c(-c4ccccc4)c4ccc5ccccc5c34)cc2c2ccccc12. The lowest BCUT2D eigenvalue weighted by molar-refractivity contribution is 1.41. The van der Waals surface area contributed by atoms with Crippen molar-refractivity contribution in [2.45, 2.75) is 13.8 Å². The third-order valence-electron chi connectivity index (χ3n) is 8.87. The molecule has 0 heterocycles. The van der Waals surface area contributed by atoms with E-state index in [0.717, 1.165) is 0 Å². The molecule has 0 amide bonds. The summed E-state index contributed by atoms with van der Waals surface area (Å²) in [5, 5.41) is 13.1. The van der Waals surface area contributed by atoms with Crippen molar-refractivity contribution in [1.82, 2.24) is 0 Å². The molecule has 40 heavy (non-hydrogen) atoms. The van der Waals surface area contributed by atoms with Crippen LogP contribution in [0, 0.1) is 13.8 Å². The van der Waals surface area contributed by atoms with Crippen molar-refractivity contribution in [2.24, 2.45) is 0 Å². The Bertz CT molecular complexity index is 2270. The maximum atomic E-state index is 2.44. The minimum Gasteiger partial charge on any atom is -0.0622 e. The Balaban J connectivity index is 1.60. The molecule has 0 aromatic heterocycles. The van der Waals surface area contributed by atoms with Crippen LogP contribution in [0.15, 0.2) is 133 Å². The molecule has 0 fully saturated rings. The van der Waals surface area contributed by atoms with Gasteiger partial charge in [-0.2, -0.15) is 0 Å². The summed E-state index contributed by atoms with van der Waals surface area (Å²) in [6.45, 7) is 4.51. The van der Waals surface area contributed by atoms with Gasteiger partial charge in [-0.1, -0.05) is 127 Å². The molecule has 0 unspecified atom stereocenters. The lowest BCUT2D eigenvalue weighted by Gasteiger charge is -2.20. The van der Waals surface area contributed by atoms with Gasteiger partial charge in [0, 0.05) is 0 Å². The fourth-order valence-corrected chi connectivity index (χ4v) is 6.86. The van der Waals surface area contributed by atoms with E-state index in [2.05, 4.69) is 147 Å². The number of hydrogen-bond donors (Lipinski definition) is 0. The van der Waals surface area contributed by atoms with Crippen LogP contribution >= 0.6 is 0 Å². The summed E-state index contributed by atoms with van der Waals surface area (Å²) < 4.78 is 0. The Hall–Kier alpha value is -4.94. The van der Waals surface area contributed by atoms with E-state index in [9.17, 15) is 0 Å². The maximum absolute atomic E-state index is 2.44. The highest BCUT2D eigenvalue weighted by atomic mass is 14.2. The summed E-state index contributed by atoms with van der Waals surface area (Å²) in [6.07, 6.45) is 0. The first-order valence-electron chi connectivity index (χ1n) is 14.0. The van der Waals surface area contributed by atoms with Crippen LogP contribution in [0.4, 0.5) is 0 Å². The van der Waals surface area contributed by atoms with Crippen LogP contribution in [0.1, 0.15) is 11.1 Å². The van der Waals surface area contributed by atoms with Crippen LogP contribution in [0.5, 0.6) is 0 Å². The quantitative estimate of drug-likeness (QED) is 0.161. The van der Waals surface area contributed by atoms with Crippen LogP contribution in [-0.2, 0) is 0 Å². The van der Waals surface area contributed by atoms with Crippen molar-refractivity contribution in [3.63, 3.8) is 0 Å². The molecule has 0 spiro atoms. The third kappa shape index (κ3) is 3.26. The van der Waals surface area contributed by atoms with E-state index in [4.69, 9.17) is 0 Å². The number of fused-ring (bicyclic) bond motifs is 7. The smallest absolute Gasteiger partial charge is 0.00141 e. The van der Waals surface area contributed by atoms with E-state index in [1.807, 2.05) is 0 Å². The molecule has 0 saturated carbocycles. The molecule has 0 bridgehead atoms. The second-order valence-corrected chi connectivity index (χ2v) is 10.9. The lowest BCUT2D eigenvalue weighted by Crippen LogP contribution is -1.93. The van der Waals surface area contributed by atoms with E-state index in [1.165, 1.54) is 87.2 Å². The average molecular weight is 509 g/mol. The van der Waals surface area contributed by atoms with Crippen LogP contribution in [0.3, 0.4) is 0 Å². The van der Waals surface area contributed by atoms with Crippen LogP contribution in [0.25, 0.3) is 76.1 Å². The molecule has 8 aromatic rings. The zero-order chi connectivity index (χ0) is 26.8. The third-order valence-corrected chi connectivity index (χ3v) is 8.87. The Morgan fingerprint density at radius 3 is 1.62 bits per heavy atom. The molecule has 188 valence electrons. The first-order valence-corrected chi connectivity index (χ1v) is 14.0. The summed E-state index contributed by atoms with van der Waals surface area (Å²) in [5.41, 5.74) is 7.86. The highest BCUT2D eigenvalue weighted by Crippen LogP contribution is 2.47. The maximum Gasteiger partial charge on any atom is -0.00141 e. The van der Waals surface area contributed by atoms with Gasteiger partial charge in [0.2, 0.25) is 0 Å². The van der Waals surface area contributed by atoms with Gasteiger partial charge in [0.1, 0.15) is 0 Å². The van der Waals surface area contributed by atoms with Crippen molar-refractivity contribution in [3.05, 3.63) is 145 Å². The predicted octanol–water partition coefficient (Wildman–Crippen LogP) is 11.4. The van der Waals surface area contributed by atoms with Crippen LogP contribution in [0.2, 0.25) is 0 Å². The molecule has 0 aliphatic carbocycles. The van der Waals surface area contributed by atoms with E-state index in [1.54, 1.807) is 0 Å². The molecular weight excluding hydrogens is 480 g/mol. The molecule has 0 atom stereocenters. The summed E-state index contributed by atoms with van der Waals surface area (Å²) in [6, 6.07) is 49.2. The molecule has 0 aliphatic heterocycles. The lowest BCUT2D eigenvalue weighted by atomic mass is 9.83. The fraction of sp³-hybridized carbons (Fsp3) is 0.0500. The van der Waals surface area contributed by atoms with Crippen molar-refractivity contribution >= 4 is 53.9 Å². The molecule has 0 heteroatoms. The van der Waals surface area contributed by atoms with E-state index in [-0.39, 0.29) is 0 Å². The van der Waals surface area contributed by atoms with Crippen molar-refractivity contribution in [3.8, 4) is 22.3 Å². The van der Waals surface area contributed by atoms with Crippen molar-refractivity contribution in [2.75, 3.05) is 0 Å². The topological polar surface area (TPSA) is 0 Å². The second kappa shape index (κ2) is 8.79.